The van der Waals surface area contributed by atoms with Gasteiger partial charge in [0.25, 0.3) is 0 Å². The monoisotopic (exact) mass is 290 g/mol. The predicted octanol–water partition coefficient (Wildman–Crippen LogP) is 4.05. The normalized spacial score (nSPS) is 12.7. The van der Waals surface area contributed by atoms with Crippen LogP contribution < -0.4 is 5.73 Å². The SMILES string of the molecule is CCC(CC)N(CC(C)C)C(=O)C(C)c1cccc(N)c1. The third-order valence-electron chi connectivity index (χ3n) is 4.01. The molecule has 1 atom stereocenters. The molecule has 1 rings (SSSR count). The van der Waals surface area contributed by atoms with E-state index >= 15 is 0 Å². The molecular weight excluding hydrogens is 260 g/mol. The molecule has 0 radical (unpaired) electrons. The van der Waals surface area contributed by atoms with Gasteiger partial charge in [-0.25, -0.2) is 0 Å². The summed E-state index contributed by atoms with van der Waals surface area (Å²) in [5, 5.41) is 0. The first-order valence-electron chi connectivity index (χ1n) is 8.06. The summed E-state index contributed by atoms with van der Waals surface area (Å²) in [4.78, 5) is 15.0. The highest BCUT2D eigenvalue weighted by molar-refractivity contribution is 5.84. The van der Waals surface area contributed by atoms with Crippen LogP contribution in [0, 0.1) is 5.92 Å². The molecule has 1 aromatic carbocycles. The van der Waals surface area contributed by atoms with E-state index in [1.54, 1.807) is 0 Å². The molecule has 1 amide bonds. The lowest BCUT2D eigenvalue weighted by Crippen LogP contribution is -2.44. The Hall–Kier alpha value is -1.51. The number of hydrogen-bond acceptors (Lipinski definition) is 2. The Labute approximate surface area is 129 Å². The largest absolute Gasteiger partial charge is 0.399 e. The molecule has 0 saturated heterocycles. The summed E-state index contributed by atoms with van der Waals surface area (Å²) in [7, 11) is 0. The number of nitrogen functional groups attached to an aromatic ring is 1. The Morgan fingerprint density at radius 1 is 1.19 bits per heavy atom. The van der Waals surface area contributed by atoms with Gasteiger partial charge in [-0.15, -0.1) is 0 Å². The van der Waals surface area contributed by atoms with Crippen molar-refractivity contribution in [2.45, 2.75) is 59.4 Å². The number of nitrogens with zero attached hydrogens (tertiary/aromatic N) is 1. The van der Waals surface area contributed by atoms with E-state index in [0.29, 0.717) is 17.6 Å². The van der Waals surface area contributed by atoms with Crippen LogP contribution >= 0.6 is 0 Å². The fraction of sp³-hybridized carbons (Fsp3) is 0.611. The lowest BCUT2D eigenvalue weighted by molar-refractivity contribution is -0.135. The third kappa shape index (κ3) is 4.76. The van der Waals surface area contributed by atoms with Gasteiger partial charge in [-0.3, -0.25) is 4.79 Å². The lowest BCUT2D eigenvalue weighted by atomic mass is 9.96. The second kappa shape index (κ2) is 8.06. The molecule has 0 aliphatic carbocycles. The van der Waals surface area contributed by atoms with Gasteiger partial charge < -0.3 is 10.6 Å². The number of benzene rings is 1. The van der Waals surface area contributed by atoms with E-state index in [1.165, 1.54) is 0 Å². The van der Waals surface area contributed by atoms with Gasteiger partial charge in [0.1, 0.15) is 0 Å². The minimum atomic E-state index is -0.146. The average Bonchev–Trinajstić information content (AvgIpc) is 2.45. The van der Waals surface area contributed by atoms with E-state index in [9.17, 15) is 4.79 Å². The van der Waals surface area contributed by atoms with E-state index in [1.807, 2.05) is 31.2 Å². The molecule has 0 heterocycles. The first-order chi connectivity index (χ1) is 9.90. The van der Waals surface area contributed by atoms with Gasteiger partial charge in [-0.1, -0.05) is 39.8 Å². The zero-order valence-electron chi connectivity index (χ0n) is 14.1. The van der Waals surface area contributed by atoms with Crippen molar-refractivity contribution in [3.8, 4) is 0 Å². The number of nitrogens with two attached hydrogens (primary N) is 1. The summed E-state index contributed by atoms with van der Waals surface area (Å²) in [5.74, 6) is 0.540. The summed E-state index contributed by atoms with van der Waals surface area (Å²) in [6.07, 6.45) is 2.00. The highest BCUT2D eigenvalue weighted by Crippen LogP contribution is 2.23. The molecule has 0 saturated carbocycles. The summed E-state index contributed by atoms with van der Waals surface area (Å²) >= 11 is 0. The number of carbonyl (C=O) groups is 1. The van der Waals surface area contributed by atoms with Crippen molar-refractivity contribution in [2.24, 2.45) is 5.92 Å². The number of rotatable bonds is 7. The van der Waals surface area contributed by atoms with Crippen molar-refractivity contribution >= 4 is 11.6 Å². The minimum absolute atomic E-state index is 0.146. The first-order valence-corrected chi connectivity index (χ1v) is 8.06. The Kier molecular flexibility index (Phi) is 6.73. The maximum atomic E-state index is 12.9. The van der Waals surface area contributed by atoms with Gasteiger partial charge in [0.15, 0.2) is 0 Å². The molecule has 2 N–H and O–H groups in total. The van der Waals surface area contributed by atoms with Crippen LogP contribution in [-0.4, -0.2) is 23.4 Å². The van der Waals surface area contributed by atoms with Crippen LogP contribution in [0.1, 0.15) is 58.9 Å². The van der Waals surface area contributed by atoms with E-state index in [2.05, 4.69) is 32.6 Å². The van der Waals surface area contributed by atoms with Gasteiger partial charge in [-0.2, -0.15) is 0 Å². The van der Waals surface area contributed by atoms with E-state index in [0.717, 1.165) is 24.9 Å². The Morgan fingerprint density at radius 2 is 1.81 bits per heavy atom. The highest BCUT2D eigenvalue weighted by atomic mass is 16.2. The van der Waals surface area contributed by atoms with Crippen molar-refractivity contribution in [3.63, 3.8) is 0 Å². The maximum absolute atomic E-state index is 12.9. The fourth-order valence-corrected chi connectivity index (χ4v) is 2.76. The molecule has 0 aromatic heterocycles. The molecule has 0 spiro atoms. The van der Waals surface area contributed by atoms with Crippen LogP contribution in [0.15, 0.2) is 24.3 Å². The second-order valence-corrected chi connectivity index (χ2v) is 6.25. The van der Waals surface area contributed by atoms with Gasteiger partial charge in [0, 0.05) is 18.3 Å². The molecule has 1 aromatic rings. The summed E-state index contributed by atoms with van der Waals surface area (Å²) in [6.45, 7) is 11.4. The Morgan fingerprint density at radius 3 is 2.29 bits per heavy atom. The molecule has 3 heteroatoms. The quantitative estimate of drug-likeness (QED) is 0.770. The van der Waals surface area contributed by atoms with Gasteiger partial charge >= 0.3 is 0 Å². The van der Waals surface area contributed by atoms with Crippen LogP contribution in [0.2, 0.25) is 0 Å². The van der Waals surface area contributed by atoms with Gasteiger partial charge in [-0.05, 0) is 43.4 Å². The molecule has 118 valence electrons. The summed E-state index contributed by atoms with van der Waals surface area (Å²) in [5.41, 5.74) is 7.55. The van der Waals surface area contributed by atoms with Crippen molar-refractivity contribution in [1.29, 1.82) is 0 Å². The molecule has 0 bridgehead atoms. The van der Waals surface area contributed by atoms with Crippen LogP contribution in [-0.2, 0) is 4.79 Å². The predicted molar refractivity (Wildman–Crippen MR) is 90.2 cm³/mol. The van der Waals surface area contributed by atoms with E-state index < -0.39 is 0 Å². The Bertz CT molecular complexity index is 452. The number of amides is 1. The molecule has 1 unspecified atom stereocenters. The molecular formula is C18H30N2O. The standard InChI is InChI=1S/C18H30N2O/c1-6-17(7-2)20(12-13(3)4)18(21)14(5)15-9-8-10-16(19)11-15/h8-11,13-14,17H,6-7,12,19H2,1-5H3. The number of hydrogen-bond donors (Lipinski definition) is 1. The third-order valence-corrected chi connectivity index (χ3v) is 4.01. The Balaban J connectivity index is 2.98. The molecule has 0 aliphatic heterocycles. The van der Waals surface area contributed by atoms with Crippen molar-refractivity contribution in [3.05, 3.63) is 29.8 Å². The van der Waals surface area contributed by atoms with Crippen molar-refractivity contribution in [1.82, 2.24) is 4.90 Å². The maximum Gasteiger partial charge on any atom is 0.230 e. The molecule has 21 heavy (non-hydrogen) atoms. The minimum Gasteiger partial charge on any atom is -0.399 e. The highest BCUT2D eigenvalue weighted by Gasteiger charge is 2.27. The lowest BCUT2D eigenvalue weighted by Gasteiger charge is -2.34. The van der Waals surface area contributed by atoms with Crippen LogP contribution in [0.3, 0.4) is 0 Å². The van der Waals surface area contributed by atoms with Crippen molar-refractivity contribution in [2.75, 3.05) is 12.3 Å². The topological polar surface area (TPSA) is 46.3 Å². The van der Waals surface area contributed by atoms with Crippen LogP contribution in [0.4, 0.5) is 5.69 Å². The molecule has 3 nitrogen and oxygen atoms in total. The first kappa shape index (κ1) is 17.5. The molecule has 0 fully saturated rings. The average molecular weight is 290 g/mol. The van der Waals surface area contributed by atoms with Gasteiger partial charge in [0.2, 0.25) is 5.91 Å². The van der Waals surface area contributed by atoms with Crippen LogP contribution in [0.5, 0.6) is 0 Å². The fourth-order valence-electron chi connectivity index (χ4n) is 2.76. The zero-order chi connectivity index (χ0) is 16.0. The van der Waals surface area contributed by atoms with E-state index in [4.69, 9.17) is 5.73 Å². The zero-order valence-corrected chi connectivity index (χ0v) is 14.1. The molecule has 0 aliphatic rings. The van der Waals surface area contributed by atoms with Crippen molar-refractivity contribution < 1.29 is 4.79 Å². The smallest absolute Gasteiger partial charge is 0.230 e. The summed E-state index contributed by atoms with van der Waals surface area (Å²) in [6, 6.07) is 7.98. The number of carbonyl (C=O) groups excluding carboxylic acids is 1. The summed E-state index contributed by atoms with van der Waals surface area (Å²) < 4.78 is 0. The van der Waals surface area contributed by atoms with E-state index in [-0.39, 0.29) is 11.8 Å². The second-order valence-electron chi connectivity index (χ2n) is 6.25. The van der Waals surface area contributed by atoms with Crippen LogP contribution in [0.25, 0.3) is 0 Å². The van der Waals surface area contributed by atoms with Gasteiger partial charge in [0.05, 0.1) is 5.92 Å². The number of anilines is 1.